The highest BCUT2D eigenvalue weighted by Gasteiger charge is 2.19. The Balaban J connectivity index is 2.52. The summed E-state index contributed by atoms with van der Waals surface area (Å²) in [7, 11) is 0. The van der Waals surface area contributed by atoms with Gasteiger partial charge in [-0.1, -0.05) is 31.9 Å². The van der Waals surface area contributed by atoms with E-state index in [0.29, 0.717) is 6.42 Å². The predicted molar refractivity (Wildman–Crippen MR) is 82.0 cm³/mol. The van der Waals surface area contributed by atoms with Gasteiger partial charge in [-0.05, 0) is 46.7 Å². The van der Waals surface area contributed by atoms with E-state index >= 15 is 0 Å². The normalized spacial score (nSPS) is 11.9. The first-order chi connectivity index (χ1) is 9.02. The fraction of sp³-hybridized carbons (Fsp3) is 0.429. The Bertz CT molecular complexity index is 431. The van der Waals surface area contributed by atoms with Gasteiger partial charge in [-0.25, -0.2) is 4.79 Å². The lowest BCUT2D eigenvalue weighted by Gasteiger charge is -2.14. The number of carboxylic acids is 1. The molecule has 0 unspecified atom stereocenters. The predicted octanol–water partition coefficient (Wildman–Crippen LogP) is 2.59. The molecule has 0 saturated carbocycles. The number of aliphatic carboxylic acids is 1. The van der Waals surface area contributed by atoms with Crippen molar-refractivity contribution in [3.63, 3.8) is 0 Å². The second kappa shape index (κ2) is 8.14. The lowest BCUT2D eigenvalue weighted by Crippen LogP contribution is -2.41. The summed E-state index contributed by atoms with van der Waals surface area (Å²) in [6.45, 7) is 1.99. The minimum atomic E-state index is -0.968. The summed E-state index contributed by atoms with van der Waals surface area (Å²) in [5, 5.41) is 11.6. The largest absolute Gasteiger partial charge is 0.480 e. The fourth-order valence-electron chi connectivity index (χ4n) is 1.70. The Kier molecular flexibility index (Phi) is 6.83. The van der Waals surface area contributed by atoms with Crippen LogP contribution in [0.1, 0.15) is 31.7 Å². The van der Waals surface area contributed by atoms with E-state index in [4.69, 9.17) is 5.11 Å². The number of nitrogens with one attached hydrogen (secondary N) is 1. The summed E-state index contributed by atoms with van der Waals surface area (Å²) >= 11 is 2.20. The number of rotatable bonds is 7. The molecule has 0 aliphatic rings. The fourth-order valence-corrected chi connectivity index (χ4v) is 2.06. The van der Waals surface area contributed by atoms with Crippen molar-refractivity contribution in [3.05, 3.63) is 33.4 Å². The molecule has 19 heavy (non-hydrogen) atoms. The van der Waals surface area contributed by atoms with E-state index in [2.05, 4.69) is 27.9 Å². The summed E-state index contributed by atoms with van der Waals surface area (Å²) in [6.07, 6.45) is 2.40. The molecule has 5 heteroatoms. The topological polar surface area (TPSA) is 66.4 Å². The van der Waals surface area contributed by atoms with Gasteiger partial charge < -0.3 is 10.4 Å². The molecule has 0 aromatic heterocycles. The molecule has 0 saturated heterocycles. The first-order valence-corrected chi connectivity index (χ1v) is 7.37. The van der Waals surface area contributed by atoms with E-state index < -0.39 is 12.0 Å². The van der Waals surface area contributed by atoms with Gasteiger partial charge in [0.2, 0.25) is 5.91 Å². The maximum absolute atomic E-state index is 11.8. The maximum atomic E-state index is 11.8. The SMILES string of the molecule is CCCC[C@H](NC(=O)Cc1ccc(I)cc1)C(=O)O. The average molecular weight is 375 g/mol. The van der Waals surface area contributed by atoms with Crippen LogP contribution in [-0.4, -0.2) is 23.0 Å². The first-order valence-electron chi connectivity index (χ1n) is 6.29. The highest BCUT2D eigenvalue weighted by atomic mass is 127. The van der Waals surface area contributed by atoms with E-state index in [1.54, 1.807) is 0 Å². The van der Waals surface area contributed by atoms with Gasteiger partial charge in [-0.2, -0.15) is 0 Å². The number of amides is 1. The number of unbranched alkanes of at least 4 members (excludes halogenated alkanes) is 1. The minimum Gasteiger partial charge on any atom is -0.480 e. The first kappa shape index (κ1) is 15.9. The lowest BCUT2D eigenvalue weighted by molar-refractivity contribution is -0.142. The minimum absolute atomic E-state index is 0.215. The zero-order chi connectivity index (χ0) is 14.3. The molecule has 1 aromatic carbocycles. The van der Waals surface area contributed by atoms with Crippen molar-refractivity contribution >= 4 is 34.5 Å². The van der Waals surface area contributed by atoms with E-state index in [1.807, 2.05) is 31.2 Å². The smallest absolute Gasteiger partial charge is 0.326 e. The summed E-state index contributed by atoms with van der Waals surface area (Å²) in [5.74, 6) is -1.21. The Labute approximate surface area is 126 Å². The van der Waals surface area contributed by atoms with Crippen molar-refractivity contribution in [3.8, 4) is 0 Å². The third-order valence-electron chi connectivity index (χ3n) is 2.76. The number of carbonyl (C=O) groups excluding carboxylic acids is 1. The number of carboxylic acid groups (broad SMARTS) is 1. The molecule has 4 nitrogen and oxygen atoms in total. The van der Waals surface area contributed by atoms with Gasteiger partial charge in [0.1, 0.15) is 6.04 Å². The molecule has 1 aromatic rings. The van der Waals surface area contributed by atoms with Crippen molar-refractivity contribution in [1.82, 2.24) is 5.32 Å². The van der Waals surface area contributed by atoms with Crippen molar-refractivity contribution in [2.75, 3.05) is 0 Å². The van der Waals surface area contributed by atoms with Gasteiger partial charge in [0, 0.05) is 3.57 Å². The Hall–Kier alpha value is -1.11. The molecule has 0 radical (unpaired) electrons. The summed E-state index contributed by atoms with van der Waals surface area (Å²) in [4.78, 5) is 22.8. The molecule has 104 valence electrons. The van der Waals surface area contributed by atoms with Crippen LogP contribution in [0, 0.1) is 3.57 Å². The van der Waals surface area contributed by atoms with E-state index in [9.17, 15) is 9.59 Å². The molecule has 1 rings (SSSR count). The summed E-state index contributed by atoms with van der Waals surface area (Å²) in [5.41, 5.74) is 0.887. The molecule has 0 spiro atoms. The molecule has 0 heterocycles. The van der Waals surface area contributed by atoms with Crippen molar-refractivity contribution in [1.29, 1.82) is 0 Å². The number of benzene rings is 1. The van der Waals surface area contributed by atoms with E-state index in [1.165, 1.54) is 0 Å². The van der Waals surface area contributed by atoms with Gasteiger partial charge >= 0.3 is 5.97 Å². The van der Waals surface area contributed by atoms with Crippen LogP contribution in [0.2, 0.25) is 0 Å². The van der Waals surface area contributed by atoms with Crippen LogP contribution in [0.5, 0.6) is 0 Å². The van der Waals surface area contributed by atoms with Crippen LogP contribution in [0.4, 0.5) is 0 Å². The van der Waals surface area contributed by atoms with Crippen molar-refractivity contribution < 1.29 is 14.7 Å². The quantitative estimate of drug-likeness (QED) is 0.720. The zero-order valence-corrected chi connectivity index (χ0v) is 13.0. The lowest BCUT2D eigenvalue weighted by atomic mass is 10.1. The average Bonchev–Trinajstić information content (AvgIpc) is 2.37. The molecular weight excluding hydrogens is 357 g/mol. The number of hydrogen-bond acceptors (Lipinski definition) is 2. The molecule has 0 bridgehead atoms. The van der Waals surface area contributed by atoms with E-state index in [0.717, 1.165) is 22.0 Å². The molecule has 0 fully saturated rings. The van der Waals surface area contributed by atoms with Crippen LogP contribution >= 0.6 is 22.6 Å². The third kappa shape index (κ3) is 6.04. The van der Waals surface area contributed by atoms with Crippen LogP contribution < -0.4 is 5.32 Å². The monoisotopic (exact) mass is 375 g/mol. The highest BCUT2D eigenvalue weighted by molar-refractivity contribution is 14.1. The molecular formula is C14H18INO3. The number of halogens is 1. The molecule has 0 aliphatic heterocycles. The van der Waals surface area contributed by atoms with Crippen LogP contribution in [0.25, 0.3) is 0 Å². The summed E-state index contributed by atoms with van der Waals surface area (Å²) in [6, 6.07) is 6.83. The van der Waals surface area contributed by atoms with Gasteiger partial charge in [-0.15, -0.1) is 0 Å². The van der Waals surface area contributed by atoms with Crippen molar-refractivity contribution in [2.24, 2.45) is 0 Å². The van der Waals surface area contributed by atoms with Gasteiger partial charge in [0.25, 0.3) is 0 Å². The third-order valence-corrected chi connectivity index (χ3v) is 3.48. The number of carbonyl (C=O) groups is 2. The van der Waals surface area contributed by atoms with Crippen LogP contribution in [-0.2, 0) is 16.0 Å². The highest BCUT2D eigenvalue weighted by Crippen LogP contribution is 2.08. The molecule has 1 amide bonds. The Morgan fingerprint density at radius 3 is 2.47 bits per heavy atom. The van der Waals surface area contributed by atoms with Crippen LogP contribution in [0.3, 0.4) is 0 Å². The summed E-state index contributed by atoms with van der Waals surface area (Å²) < 4.78 is 1.10. The molecule has 0 aliphatic carbocycles. The number of hydrogen-bond donors (Lipinski definition) is 2. The van der Waals surface area contributed by atoms with Crippen LogP contribution in [0.15, 0.2) is 24.3 Å². The Morgan fingerprint density at radius 2 is 1.95 bits per heavy atom. The Morgan fingerprint density at radius 1 is 1.32 bits per heavy atom. The molecule has 1 atom stereocenters. The zero-order valence-electron chi connectivity index (χ0n) is 10.9. The van der Waals surface area contributed by atoms with Gasteiger partial charge in [-0.3, -0.25) is 4.79 Å². The van der Waals surface area contributed by atoms with E-state index in [-0.39, 0.29) is 12.3 Å². The standard InChI is InChI=1S/C14H18INO3/c1-2-3-4-12(14(18)19)16-13(17)9-10-5-7-11(15)8-6-10/h5-8,12H,2-4,9H2,1H3,(H,16,17)(H,18,19)/t12-/m0/s1. The second-order valence-corrected chi connectivity index (χ2v) is 5.65. The maximum Gasteiger partial charge on any atom is 0.326 e. The molecule has 2 N–H and O–H groups in total. The second-order valence-electron chi connectivity index (χ2n) is 4.40. The van der Waals surface area contributed by atoms with Gasteiger partial charge in [0.05, 0.1) is 6.42 Å². The van der Waals surface area contributed by atoms with Gasteiger partial charge in [0.15, 0.2) is 0 Å². The van der Waals surface area contributed by atoms with Crippen molar-refractivity contribution in [2.45, 2.75) is 38.6 Å².